The minimum absolute atomic E-state index is 0.0511. The summed E-state index contributed by atoms with van der Waals surface area (Å²) in [5, 5.41) is 2.46. The Kier molecular flexibility index (Phi) is 2.57. The second kappa shape index (κ2) is 4.16. The number of carbonyl (C=O) groups is 3. The molecule has 5 nitrogen and oxygen atoms in total. The van der Waals surface area contributed by atoms with Gasteiger partial charge in [0, 0.05) is 18.2 Å². The highest BCUT2D eigenvalue weighted by atomic mass is 16.4. The molecule has 0 aliphatic heterocycles. The quantitative estimate of drug-likeness (QED) is 0.729. The highest BCUT2D eigenvalue weighted by molar-refractivity contribution is 6.30. The van der Waals surface area contributed by atoms with Gasteiger partial charge in [-0.2, -0.15) is 0 Å². The van der Waals surface area contributed by atoms with Crippen LogP contribution in [0.15, 0.2) is 28.7 Å². The lowest BCUT2D eigenvalue weighted by atomic mass is 9.86. The van der Waals surface area contributed by atoms with Gasteiger partial charge in [0.2, 0.25) is 5.78 Å². The highest BCUT2D eigenvalue weighted by Gasteiger charge is 2.37. The van der Waals surface area contributed by atoms with Crippen LogP contribution in [0.2, 0.25) is 0 Å². The van der Waals surface area contributed by atoms with E-state index in [2.05, 4.69) is 5.32 Å². The van der Waals surface area contributed by atoms with E-state index in [9.17, 15) is 14.4 Å². The van der Waals surface area contributed by atoms with Crippen molar-refractivity contribution >= 4 is 17.5 Å². The van der Waals surface area contributed by atoms with Crippen LogP contribution in [0, 0.1) is 6.92 Å². The minimum atomic E-state index is -0.437. The molecule has 5 heteroatoms. The molecule has 0 unspecified atom stereocenters. The first-order chi connectivity index (χ1) is 9.56. The van der Waals surface area contributed by atoms with E-state index < -0.39 is 5.91 Å². The van der Waals surface area contributed by atoms with Gasteiger partial charge in [0.05, 0.1) is 11.1 Å². The van der Waals surface area contributed by atoms with Crippen molar-refractivity contribution in [3.05, 3.63) is 58.0 Å². The Hall–Kier alpha value is -2.69. The summed E-state index contributed by atoms with van der Waals surface area (Å²) in [6.45, 7) is 1.56. The van der Waals surface area contributed by atoms with E-state index in [0.29, 0.717) is 11.1 Å². The van der Waals surface area contributed by atoms with E-state index in [1.165, 1.54) is 7.05 Å². The Bertz CT molecular complexity index is 770. The number of hydrogen-bond donors (Lipinski definition) is 1. The van der Waals surface area contributed by atoms with E-state index in [-0.39, 0.29) is 34.2 Å². The molecule has 2 aromatic rings. The summed E-state index contributed by atoms with van der Waals surface area (Å²) in [6, 6.07) is 6.52. The standard InChI is InChI=1S/C15H11NO4/c1-7-10(15(19)16-2)11-12(17)8-5-3-4-6-9(8)13(18)14(11)20-7/h3-6H,1-2H3,(H,16,19). The van der Waals surface area contributed by atoms with E-state index >= 15 is 0 Å². The third kappa shape index (κ3) is 1.46. The van der Waals surface area contributed by atoms with Crippen LogP contribution in [0.5, 0.6) is 0 Å². The highest BCUT2D eigenvalue weighted by Crippen LogP contribution is 2.32. The third-order valence-electron chi connectivity index (χ3n) is 3.39. The molecule has 1 N–H and O–H groups in total. The Balaban J connectivity index is 2.32. The first-order valence-corrected chi connectivity index (χ1v) is 6.10. The summed E-state index contributed by atoms with van der Waals surface area (Å²) >= 11 is 0. The van der Waals surface area contributed by atoms with Crippen LogP contribution >= 0.6 is 0 Å². The Morgan fingerprint density at radius 1 is 1.10 bits per heavy atom. The molecule has 20 heavy (non-hydrogen) atoms. The fraction of sp³-hybridized carbons (Fsp3) is 0.133. The van der Waals surface area contributed by atoms with Crippen molar-refractivity contribution in [2.75, 3.05) is 7.05 Å². The third-order valence-corrected chi connectivity index (χ3v) is 3.39. The van der Waals surface area contributed by atoms with Crippen molar-refractivity contribution < 1.29 is 18.8 Å². The number of furan rings is 1. The minimum Gasteiger partial charge on any atom is -0.456 e. The molecule has 1 amide bonds. The monoisotopic (exact) mass is 269 g/mol. The van der Waals surface area contributed by atoms with E-state index in [1.807, 2.05) is 0 Å². The molecule has 100 valence electrons. The second-order valence-corrected chi connectivity index (χ2v) is 4.52. The topological polar surface area (TPSA) is 76.4 Å². The molecular weight excluding hydrogens is 258 g/mol. The Morgan fingerprint density at radius 2 is 1.70 bits per heavy atom. The largest absolute Gasteiger partial charge is 0.456 e. The van der Waals surface area contributed by atoms with Crippen molar-refractivity contribution in [1.29, 1.82) is 0 Å². The number of fused-ring (bicyclic) bond motifs is 2. The molecule has 1 aliphatic carbocycles. The molecule has 0 fully saturated rings. The van der Waals surface area contributed by atoms with Crippen molar-refractivity contribution in [2.45, 2.75) is 6.92 Å². The predicted octanol–water partition coefficient (Wildman–Crippen LogP) is 1.72. The maximum absolute atomic E-state index is 12.5. The van der Waals surface area contributed by atoms with Crippen molar-refractivity contribution in [3.8, 4) is 0 Å². The van der Waals surface area contributed by atoms with Gasteiger partial charge in [-0.25, -0.2) is 0 Å². The number of ketones is 2. The molecule has 0 saturated heterocycles. The van der Waals surface area contributed by atoms with Gasteiger partial charge in [-0.1, -0.05) is 24.3 Å². The number of aryl methyl sites for hydroxylation is 1. The van der Waals surface area contributed by atoms with E-state index in [0.717, 1.165) is 0 Å². The van der Waals surface area contributed by atoms with Gasteiger partial charge < -0.3 is 9.73 Å². The lowest BCUT2D eigenvalue weighted by molar-refractivity contribution is 0.0944. The molecule has 0 atom stereocenters. The SMILES string of the molecule is CNC(=O)c1c(C)oc2c1C(=O)c1ccccc1C2=O. The molecule has 0 spiro atoms. The molecule has 1 heterocycles. The number of amides is 1. The summed E-state index contributed by atoms with van der Waals surface area (Å²) in [7, 11) is 1.46. The normalized spacial score (nSPS) is 12.9. The number of carbonyl (C=O) groups excluding carboxylic acids is 3. The van der Waals surface area contributed by atoms with Crippen molar-refractivity contribution in [3.63, 3.8) is 0 Å². The number of nitrogens with one attached hydrogen (secondary N) is 1. The molecule has 1 aromatic heterocycles. The van der Waals surface area contributed by atoms with Crippen molar-refractivity contribution in [2.24, 2.45) is 0 Å². The predicted molar refractivity (Wildman–Crippen MR) is 70.1 cm³/mol. The first kappa shape index (κ1) is 12.3. The van der Waals surface area contributed by atoms with Crippen LogP contribution in [0.25, 0.3) is 0 Å². The zero-order chi connectivity index (χ0) is 14.4. The lowest BCUT2D eigenvalue weighted by Gasteiger charge is -2.13. The molecule has 1 aromatic carbocycles. The summed E-state index contributed by atoms with van der Waals surface area (Å²) in [5.74, 6) is -0.944. The zero-order valence-corrected chi connectivity index (χ0v) is 10.9. The van der Waals surface area contributed by atoms with Gasteiger partial charge >= 0.3 is 0 Å². The van der Waals surface area contributed by atoms with Crippen LogP contribution in [-0.4, -0.2) is 24.5 Å². The lowest BCUT2D eigenvalue weighted by Crippen LogP contribution is -2.25. The van der Waals surface area contributed by atoms with Gasteiger partial charge in [0.25, 0.3) is 5.91 Å². The summed E-state index contributed by atoms with van der Waals surface area (Å²) < 4.78 is 5.37. The van der Waals surface area contributed by atoms with Crippen molar-refractivity contribution in [1.82, 2.24) is 5.32 Å². The Labute approximate surface area is 114 Å². The molecule has 1 aliphatic rings. The first-order valence-electron chi connectivity index (χ1n) is 6.10. The zero-order valence-electron chi connectivity index (χ0n) is 10.9. The number of rotatable bonds is 1. The molecule has 0 bridgehead atoms. The fourth-order valence-corrected chi connectivity index (χ4v) is 2.46. The summed E-state index contributed by atoms with van der Waals surface area (Å²) in [4.78, 5) is 36.8. The molecule has 0 radical (unpaired) electrons. The number of hydrogen-bond acceptors (Lipinski definition) is 4. The Morgan fingerprint density at radius 3 is 2.30 bits per heavy atom. The average Bonchev–Trinajstić information content (AvgIpc) is 2.82. The van der Waals surface area contributed by atoms with Crippen LogP contribution in [0.3, 0.4) is 0 Å². The van der Waals surface area contributed by atoms with E-state index in [1.54, 1.807) is 31.2 Å². The number of benzene rings is 1. The molecule has 0 saturated carbocycles. The average molecular weight is 269 g/mol. The maximum atomic E-state index is 12.5. The van der Waals surface area contributed by atoms with E-state index in [4.69, 9.17) is 4.42 Å². The second-order valence-electron chi connectivity index (χ2n) is 4.52. The van der Waals surface area contributed by atoms with Crippen LogP contribution in [-0.2, 0) is 0 Å². The van der Waals surface area contributed by atoms with Gasteiger partial charge in [-0.05, 0) is 6.92 Å². The summed E-state index contributed by atoms with van der Waals surface area (Å²) in [6.07, 6.45) is 0. The van der Waals surface area contributed by atoms with Crippen LogP contribution < -0.4 is 5.32 Å². The smallest absolute Gasteiger partial charge is 0.255 e. The summed E-state index contributed by atoms with van der Waals surface area (Å²) in [5.41, 5.74) is 0.805. The molecular formula is C15H11NO4. The van der Waals surface area contributed by atoms with Gasteiger partial charge in [0.15, 0.2) is 11.5 Å². The van der Waals surface area contributed by atoms with Gasteiger partial charge in [0.1, 0.15) is 5.76 Å². The van der Waals surface area contributed by atoms with Gasteiger partial charge in [-0.3, -0.25) is 14.4 Å². The van der Waals surface area contributed by atoms with Gasteiger partial charge in [-0.15, -0.1) is 0 Å². The molecule has 3 rings (SSSR count). The van der Waals surface area contributed by atoms with Crippen LogP contribution in [0.1, 0.15) is 48.2 Å². The fourth-order valence-electron chi connectivity index (χ4n) is 2.46. The van der Waals surface area contributed by atoms with Crippen LogP contribution in [0.4, 0.5) is 0 Å². The maximum Gasteiger partial charge on any atom is 0.255 e.